The number of furan rings is 2. The summed E-state index contributed by atoms with van der Waals surface area (Å²) >= 11 is 0. The summed E-state index contributed by atoms with van der Waals surface area (Å²) in [7, 11) is 0. The second kappa shape index (κ2) is 10.1. The largest absolute Gasteiger partial charge is 0.455 e. The third-order valence-electron chi connectivity index (χ3n) is 10.2. The second-order valence-electron chi connectivity index (χ2n) is 15.3. The molecular formula is C46H38O2. The zero-order chi connectivity index (χ0) is 32.9. The number of benzene rings is 7. The Morgan fingerprint density at radius 3 is 1.17 bits per heavy atom. The van der Waals surface area contributed by atoms with Crippen molar-refractivity contribution in [3.05, 3.63) is 132 Å². The summed E-state index contributed by atoms with van der Waals surface area (Å²) in [5, 5.41) is 9.40. The van der Waals surface area contributed by atoms with E-state index in [0.29, 0.717) is 0 Å². The predicted octanol–water partition coefficient (Wildman–Crippen LogP) is 13.7. The van der Waals surface area contributed by atoms with Crippen LogP contribution in [-0.4, -0.2) is 0 Å². The Bertz CT molecular complexity index is 2550. The molecule has 0 aliphatic carbocycles. The Morgan fingerprint density at radius 2 is 0.750 bits per heavy atom. The Morgan fingerprint density at radius 1 is 0.354 bits per heavy atom. The molecule has 0 aliphatic heterocycles. The molecule has 9 rings (SSSR count). The normalized spacial score (nSPS) is 12.8. The van der Waals surface area contributed by atoms with E-state index in [2.05, 4.69) is 151 Å². The maximum Gasteiger partial charge on any atom is 0.143 e. The van der Waals surface area contributed by atoms with E-state index in [4.69, 9.17) is 8.83 Å². The summed E-state index contributed by atoms with van der Waals surface area (Å²) in [6, 6.07) is 44.1. The minimum atomic E-state index is -0.0270. The maximum absolute atomic E-state index is 6.70. The Balaban J connectivity index is 1.51. The molecule has 2 heterocycles. The van der Waals surface area contributed by atoms with Crippen LogP contribution in [0, 0.1) is 0 Å². The molecule has 0 fully saturated rings. The van der Waals surface area contributed by atoms with E-state index < -0.39 is 0 Å². The van der Waals surface area contributed by atoms with Crippen LogP contribution in [0.2, 0.25) is 0 Å². The van der Waals surface area contributed by atoms with Crippen LogP contribution >= 0.6 is 0 Å². The molecule has 234 valence electrons. The van der Waals surface area contributed by atoms with Crippen molar-refractivity contribution in [1.29, 1.82) is 0 Å². The first kappa shape index (κ1) is 28.8. The topological polar surface area (TPSA) is 26.3 Å². The van der Waals surface area contributed by atoms with E-state index in [9.17, 15) is 0 Å². The van der Waals surface area contributed by atoms with E-state index in [-0.39, 0.29) is 10.8 Å². The maximum atomic E-state index is 6.70. The van der Waals surface area contributed by atoms with Gasteiger partial charge in [0.25, 0.3) is 0 Å². The molecule has 48 heavy (non-hydrogen) atoms. The van der Waals surface area contributed by atoms with Crippen molar-refractivity contribution in [1.82, 2.24) is 0 Å². The summed E-state index contributed by atoms with van der Waals surface area (Å²) in [6.07, 6.45) is 0. The number of hydrogen-bond donors (Lipinski definition) is 0. The van der Waals surface area contributed by atoms with Gasteiger partial charge in [0.15, 0.2) is 0 Å². The summed E-state index contributed by atoms with van der Waals surface area (Å²) in [6.45, 7) is 13.8. The van der Waals surface area contributed by atoms with Gasteiger partial charge in [0.05, 0.1) is 0 Å². The molecule has 9 aromatic rings. The quantitative estimate of drug-likeness (QED) is 0.179. The molecule has 2 heteroatoms. The fourth-order valence-electron chi connectivity index (χ4n) is 7.63. The molecule has 0 N–H and O–H groups in total. The Kier molecular flexibility index (Phi) is 6.06. The SMILES string of the molecule is CC(C)(C)c1ccc2c(-c3cccc4c3oc3ccccc34)c3cc(C(C)(C)C)ccc3c(-c3cccc4c3oc3ccccc34)c2c1. The fraction of sp³-hybridized carbons (Fsp3) is 0.174. The Labute approximate surface area is 280 Å². The zero-order valence-corrected chi connectivity index (χ0v) is 28.4. The number of rotatable bonds is 2. The van der Waals surface area contributed by atoms with Crippen molar-refractivity contribution < 1.29 is 8.83 Å². The summed E-state index contributed by atoms with van der Waals surface area (Å²) in [5.41, 5.74) is 10.8. The van der Waals surface area contributed by atoms with Crippen molar-refractivity contribution in [3.63, 3.8) is 0 Å². The average molecular weight is 623 g/mol. The standard InChI is InChI=1S/C46H38O2/c1-45(2,3)27-21-23-31-37(25-27)41(35-17-11-15-33-29-13-7-9-19-39(29)47-43(33)35)32-24-22-28(46(4,5)6)26-38(32)42(31)36-18-12-16-34-30-14-8-10-20-40(30)48-44(34)36/h7-26H,1-6H3. The fourth-order valence-corrected chi connectivity index (χ4v) is 7.63. The van der Waals surface area contributed by atoms with Gasteiger partial charge in [-0.3, -0.25) is 0 Å². The van der Waals surface area contributed by atoms with Gasteiger partial charge in [-0.05, 0) is 67.8 Å². The van der Waals surface area contributed by atoms with Gasteiger partial charge in [-0.1, -0.05) is 139 Å². The third kappa shape index (κ3) is 4.25. The van der Waals surface area contributed by atoms with Crippen molar-refractivity contribution in [3.8, 4) is 22.3 Å². The minimum absolute atomic E-state index is 0.0270. The van der Waals surface area contributed by atoms with E-state index in [1.807, 2.05) is 12.1 Å². The summed E-state index contributed by atoms with van der Waals surface area (Å²) in [5.74, 6) is 0. The van der Waals surface area contributed by atoms with Crippen LogP contribution in [0.3, 0.4) is 0 Å². The van der Waals surface area contributed by atoms with Gasteiger partial charge in [-0.25, -0.2) is 0 Å². The monoisotopic (exact) mass is 622 g/mol. The molecule has 0 radical (unpaired) electrons. The summed E-state index contributed by atoms with van der Waals surface area (Å²) < 4.78 is 13.4. The van der Waals surface area contributed by atoms with Crippen molar-refractivity contribution in [2.45, 2.75) is 52.4 Å². The molecular weight excluding hydrogens is 585 g/mol. The molecule has 0 unspecified atom stereocenters. The van der Waals surface area contributed by atoms with Crippen LogP contribution in [0.1, 0.15) is 52.7 Å². The van der Waals surface area contributed by atoms with Gasteiger partial charge in [-0.15, -0.1) is 0 Å². The number of para-hydroxylation sites is 4. The van der Waals surface area contributed by atoms with Gasteiger partial charge < -0.3 is 8.83 Å². The van der Waals surface area contributed by atoms with E-state index in [1.54, 1.807) is 0 Å². The average Bonchev–Trinajstić information content (AvgIpc) is 3.65. The first-order chi connectivity index (χ1) is 23.1. The first-order valence-corrected chi connectivity index (χ1v) is 16.9. The molecule has 0 bridgehead atoms. The van der Waals surface area contributed by atoms with E-state index in [1.165, 1.54) is 43.8 Å². The van der Waals surface area contributed by atoms with Gasteiger partial charge in [0.2, 0.25) is 0 Å². The molecule has 0 amide bonds. The number of hydrogen-bond acceptors (Lipinski definition) is 2. The van der Waals surface area contributed by atoms with Gasteiger partial charge >= 0.3 is 0 Å². The van der Waals surface area contributed by atoms with Crippen LogP contribution in [0.5, 0.6) is 0 Å². The van der Waals surface area contributed by atoms with E-state index in [0.717, 1.165) is 55.0 Å². The lowest BCUT2D eigenvalue weighted by Crippen LogP contribution is -2.11. The minimum Gasteiger partial charge on any atom is -0.455 e. The lowest BCUT2D eigenvalue weighted by Gasteiger charge is -2.25. The third-order valence-corrected chi connectivity index (χ3v) is 10.2. The molecule has 0 spiro atoms. The second-order valence-corrected chi connectivity index (χ2v) is 15.3. The molecule has 2 aromatic heterocycles. The molecule has 0 saturated heterocycles. The smallest absolute Gasteiger partial charge is 0.143 e. The van der Waals surface area contributed by atoms with Crippen LogP contribution in [0.4, 0.5) is 0 Å². The van der Waals surface area contributed by atoms with Crippen molar-refractivity contribution >= 4 is 65.4 Å². The molecule has 0 atom stereocenters. The summed E-state index contributed by atoms with van der Waals surface area (Å²) in [4.78, 5) is 0. The highest BCUT2D eigenvalue weighted by molar-refractivity contribution is 6.26. The highest BCUT2D eigenvalue weighted by atomic mass is 16.3. The Hall–Kier alpha value is -5.34. The number of fused-ring (bicyclic) bond motifs is 8. The van der Waals surface area contributed by atoms with Crippen LogP contribution < -0.4 is 0 Å². The van der Waals surface area contributed by atoms with Gasteiger partial charge in [-0.2, -0.15) is 0 Å². The first-order valence-electron chi connectivity index (χ1n) is 16.9. The molecule has 0 saturated carbocycles. The lowest BCUT2D eigenvalue weighted by molar-refractivity contribution is 0.590. The predicted molar refractivity (Wildman–Crippen MR) is 204 cm³/mol. The highest BCUT2D eigenvalue weighted by Crippen LogP contribution is 2.49. The lowest BCUT2D eigenvalue weighted by atomic mass is 9.79. The van der Waals surface area contributed by atoms with Gasteiger partial charge in [0, 0.05) is 43.8 Å². The van der Waals surface area contributed by atoms with Gasteiger partial charge in [0.1, 0.15) is 22.3 Å². The van der Waals surface area contributed by atoms with Crippen LogP contribution in [0.25, 0.3) is 87.7 Å². The van der Waals surface area contributed by atoms with Crippen LogP contribution in [0.15, 0.2) is 130 Å². The van der Waals surface area contributed by atoms with Crippen molar-refractivity contribution in [2.75, 3.05) is 0 Å². The molecule has 7 aromatic carbocycles. The zero-order valence-electron chi connectivity index (χ0n) is 28.4. The van der Waals surface area contributed by atoms with Crippen LogP contribution in [-0.2, 0) is 10.8 Å². The van der Waals surface area contributed by atoms with E-state index >= 15 is 0 Å². The molecule has 0 aliphatic rings. The highest BCUT2D eigenvalue weighted by Gasteiger charge is 2.25. The van der Waals surface area contributed by atoms with Crippen molar-refractivity contribution in [2.24, 2.45) is 0 Å². The molecule has 2 nitrogen and oxygen atoms in total.